The SMILES string of the molecule is CC1CCC(O)(CNCC2(CC(N)=NO)CC2)CC1. The van der Waals surface area contributed by atoms with Gasteiger partial charge in [-0.05, 0) is 49.9 Å². The van der Waals surface area contributed by atoms with Crippen LogP contribution in [-0.4, -0.2) is 34.8 Å². The second-order valence-corrected chi connectivity index (χ2v) is 6.78. The molecule has 0 unspecified atom stereocenters. The first-order valence-electron chi connectivity index (χ1n) is 7.37. The summed E-state index contributed by atoms with van der Waals surface area (Å²) in [6.07, 6.45) is 6.91. The summed E-state index contributed by atoms with van der Waals surface area (Å²) in [6.45, 7) is 3.77. The molecule has 5 N–H and O–H groups in total. The minimum Gasteiger partial charge on any atom is -0.409 e. The molecule has 2 aliphatic rings. The first-order chi connectivity index (χ1) is 8.97. The van der Waals surface area contributed by atoms with Crippen LogP contribution in [0.25, 0.3) is 0 Å². The fourth-order valence-electron chi connectivity index (χ4n) is 3.05. The minimum absolute atomic E-state index is 0.161. The van der Waals surface area contributed by atoms with Gasteiger partial charge in [0.05, 0.1) is 5.60 Å². The van der Waals surface area contributed by atoms with E-state index in [4.69, 9.17) is 10.9 Å². The number of rotatable bonds is 6. The number of nitrogens with one attached hydrogen (secondary N) is 1. The van der Waals surface area contributed by atoms with E-state index in [9.17, 15) is 5.11 Å². The Labute approximate surface area is 115 Å². The molecule has 2 fully saturated rings. The van der Waals surface area contributed by atoms with Crippen molar-refractivity contribution < 1.29 is 10.3 Å². The first kappa shape index (κ1) is 14.6. The molecule has 0 bridgehead atoms. The van der Waals surface area contributed by atoms with Crippen molar-refractivity contribution in [3.8, 4) is 0 Å². The molecule has 0 spiro atoms. The van der Waals surface area contributed by atoms with Gasteiger partial charge in [0.15, 0.2) is 0 Å². The van der Waals surface area contributed by atoms with Gasteiger partial charge in [-0.2, -0.15) is 0 Å². The Kier molecular flexibility index (Phi) is 4.36. The Balaban J connectivity index is 1.72. The second kappa shape index (κ2) is 5.67. The molecule has 0 aromatic carbocycles. The van der Waals surface area contributed by atoms with E-state index in [0.29, 0.717) is 18.8 Å². The second-order valence-electron chi connectivity index (χ2n) is 6.78. The van der Waals surface area contributed by atoms with E-state index in [1.54, 1.807) is 0 Å². The van der Waals surface area contributed by atoms with Crippen LogP contribution in [0, 0.1) is 11.3 Å². The highest BCUT2D eigenvalue weighted by atomic mass is 16.4. The van der Waals surface area contributed by atoms with E-state index >= 15 is 0 Å². The van der Waals surface area contributed by atoms with E-state index in [1.807, 2.05) is 0 Å². The summed E-state index contributed by atoms with van der Waals surface area (Å²) in [5, 5.41) is 25.6. The number of aliphatic hydroxyl groups is 1. The zero-order valence-corrected chi connectivity index (χ0v) is 11.9. The van der Waals surface area contributed by atoms with E-state index < -0.39 is 5.60 Å². The Morgan fingerprint density at radius 3 is 2.42 bits per heavy atom. The summed E-state index contributed by atoms with van der Waals surface area (Å²) in [5.74, 6) is 1.06. The molecule has 2 saturated carbocycles. The minimum atomic E-state index is -0.529. The third-order valence-corrected chi connectivity index (χ3v) is 4.80. The summed E-state index contributed by atoms with van der Waals surface area (Å²) >= 11 is 0. The Hall–Kier alpha value is -0.810. The molecule has 0 heterocycles. The van der Waals surface area contributed by atoms with E-state index in [2.05, 4.69) is 17.4 Å². The zero-order valence-electron chi connectivity index (χ0n) is 11.9. The summed E-state index contributed by atoms with van der Waals surface area (Å²) in [6, 6.07) is 0. The fourth-order valence-corrected chi connectivity index (χ4v) is 3.05. The fraction of sp³-hybridized carbons (Fsp3) is 0.929. The van der Waals surface area contributed by atoms with Crippen LogP contribution in [0.1, 0.15) is 51.9 Å². The van der Waals surface area contributed by atoms with Gasteiger partial charge in [0.25, 0.3) is 0 Å². The molecule has 110 valence electrons. The molecule has 0 amide bonds. The molecule has 0 aromatic rings. The van der Waals surface area contributed by atoms with Crippen LogP contribution >= 0.6 is 0 Å². The highest BCUT2D eigenvalue weighted by molar-refractivity contribution is 5.80. The largest absolute Gasteiger partial charge is 0.409 e. The van der Waals surface area contributed by atoms with Gasteiger partial charge in [-0.15, -0.1) is 0 Å². The van der Waals surface area contributed by atoms with Gasteiger partial charge in [0.2, 0.25) is 0 Å². The maximum absolute atomic E-state index is 10.5. The molecule has 0 aliphatic heterocycles. The van der Waals surface area contributed by atoms with Crippen LogP contribution < -0.4 is 11.1 Å². The topological polar surface area (TPSA) is 90.9 Å². The number of hydrogen-bond acceptors (Lipinski definition) is 4. The summed E-state index contributed by atoms with van der Waals surface area (Å²) in [4.78, 5) is 0. The van der Waals surface area contributed by atoms with Crippen molar-refractivity contribution in [3.05, 3.63) is 0 Å². The van der Waals surface area contributed by atoms with Crippen molar-refractivity contribution in [2.75, 3.05) is 13.1 Å². The molecule has 0 radical (unpaired) electrons. The number of oxime groups is 1. The summed E-state index contributed by atoms with van der Waals surface area (Å²) in [5.41, 5.74) is 5.21. The van der Waals surface area contributed by atoms with Crippen molar-refractivity contribution in [3.63, 3.8) is 0 Å². The lowest BCUT2D eigenvalue weighted by Gasteiger charge is -2.35. The number of nitrogens with two attached hydrogens (primary N) is 1. The predicted octanol–water partition coefficient (Wildman–Crippen LogP) is 1.43. The van der Waals surface area contributed by atoms with Crippen molar-refractivity contribution >= 4 is 5.84 Å². The third-order valence-electron chi connectivity index (χ3n) is 4.80. The van der Waals surface area contributed by atoms with Crippen molar-refractivity contribution in [1.82, 2.24) is 5.32 Å². The zero-order chi connectivity index (χ0) is 13.9. The lowest BCUT2D eigenvalue weighted by Crippen LogP contribution is -2.45. The van der Waals surface area contributed by atoms with Crippen LogP contribution in [0.4, 0.5) is 0 Å². The van der Waals surface area contributed by atoms with Crippen molar-refractivity contribution in [1.29, 1.82) is 0 Å². The molecular formula is C14H27N3O2. The maximum atomic E-state index is 10.5. The number of nitrogens with zero attached hydrogens (tertiary/aromatic N) is 1. The smallest absolute Gasteiger partial charge is 0.139 e. The van der Waals surface area contributed by atoms with Crippen LogP contribution in [0.15, 0.2) is 5.16 Å². The average Bonchev–Trinajstić information content (AvgIpc) is 3.13. The Morgan fingerprint density at radius 2 is 1.89 bits per heavy atom. The molecule has 0 atom stereocenters. The lowest BCUT2D eigenvalue weighted by atomic mass is 9.79. The Bertz CT molecular complexity index is 332. The van der Waals surface area contributed by atoms with Gasteiger partial charge in [0, 0.05) is 19.5 Å². The molecule has 5 heteroatoms. The normalized spacial score (nSPS) is 34.2. The van der Waals surface area contributed by atoms with Crippen LogP contribution in [0.3, 0.4) is 0 Å². The quantitative estimate of drug-likeness (QED) is 0.254. The van der Waals surface area contributed by atoms with E-state index in [1.165, 1.54) is 0 Å². The summed E-state index contributed by atoms with van der Waals surface area (Å²) in [7, 11) is 0. The standard InChI is InChI=1S/C14H27N3O2/c1-11-2-4-14(18,5-3-11)10-16-9-13(6-7-13)8-12(15)17-19/h11,16,18-19H,2-10H2,1H3,(H2,15,17). The van der Waals surface area contributed by atoms with Crippen LogP contribution in [-0.2, 0) is 0 Å². The monoisotopic (exact) mass is 269 g/mol. The lowest BCUT2D eigenvalue weighted by molar-refractivity contribution is -0.00676. The van der Waals surface area contributed by atoms with Crippen molar-refractivity contribution in [2.24, 2.45) is 22.2 Å². The van der Waals surface area contributed by atoms with Gasteiger partial charge in [-0.25, -0.2) is 0 Å². The van der Waals surface area contributed by atoms with Gasteiger partial charge >= 0.3 is 0 Å². The van der Waals surface area contributed by atoms with Gasteiger partial charge in [-0.3, -0.25) is 0 Å². The first-order valence-corrected chi connectivity index (χ1v) is 7.37. The molecule has 0 saturated heterocycles. The molecule has 0 aromatic heterocycles. The van der Waals surface area contributed by atoms with E-state index in [-0.39, 0.29) is 5.41 Å². The van der Waals surface area contributed by atoms with Crippen LogP contribution in [0.5, 0.6) is 0 Å². The predicted molar refractivity (Wildman–Crippen MR) is 75.1 cm³/mol. The van der Waals surface area contributed by atoms with Crippen molar-refractivity contribution in [2.45, 2.75) is 57.5 Å². The molecule has 5 nitrogen and oxygen atoms in total. The molecule has 2 aliphatic carbocycles. The number of hydrogen-bond donors (Lipinski definition) is 4. The van der Waals surface area contributed by atoms with Gasteiger partial charge in [-0.1, -0.05) is 12.1 Å². The van der Waals surface area contributed by atoms with Gasteiger partial charge < -0.3 is 21.4 Å². The molecular weight excluding hydrogens is 242 g/mol. The Morgan fingerprint density at radius 1 is 1.26 bits per heavy atom. The summed E-state index contributed by atoms with van der Waals surface area (Å²) < 4.78 is 0. The highest BCUT2D eigenvalue weighted by Crippen LogP contribution is 2.48. The van der Waals surface area contributed by atoms with Crippen LogP contribution in [0.2, 0.25) is 0 Å². The molecule has 2 rings (SSSR count). The molecule has 19 heavy (non-hydrogen) atoms. The average molecular weight is 269 g/mol. The maximum Gasteiger partial charge on any atom is 0.139 e. The third kappa shape index (κ3) is 4.08. The highest BCUT2D eigenvalue weighted by Gasteiger charge is 2.43. The number of amidine groups is 1. The van der Waals surface area contributed by atoms with Gasteiger partial charge in [0.1, 0.15) is 5.84 Å². The van der Waals surface area contributed by atoms with E-state index in [0.717, 1.165) is 51.0 Å².